The van der Waals surface area contributed by atoms with Crippen LogP contribution >= 0.6 is 0 Å². The predicted octanol–water partition coefficient (Wildman–Crippen LogP) is 3.59. The van der Waals surface area contributed by atoms with Gasteiger partial charge in [-0.1, -0.05) is 43.9 Å². The number of likely N-dealkylation sites (N-methyl/N-ethyl adjacent to an activating group) is 1. The van der Waals surface area contributed by atoms with Crippen LogP contribution in [0.1, 0.15) is 50.5 Å². The first kappa shape index (κ1) is 14.4. The summed E-state index contributed by atoms with van der Waals surface area (Å²) in [6.07, 6.45) is 9.44. The van der Waals surface area contributed by atoms with Gasteiger partial charge in [0, 0.05) is 18.8 Å². The van der Waals surface area contributed by atoms with E-state index in [1.165, 1.54) is 44.1 Å². The molecule has 1 aromatic carbocycles. The highest BCUT2D eigenvalue weighted by atomic mass is 16.2. The summed E-state index contributed by atoms with van der Waals surface area (Å²) in [7, 11) is 2.00. The molecule has 0 radical (unpaired) electrons. The summed E-state index contributed by atoms with van der Waals surface area (Å²) in [6.45, 7) is 0. The lowest BCUT2D eigenvalue weighted by molar-refractivity contribution is -0.133. The maximum Gasteiger partial charge on any atom is 0.245 e. The first-order valence-electron chi connectivity index (χ1n) is 8.37. The quantitative estimate of drug-likeness (QED) is 0.843. The van der Waals surface area contributed by atoms with Crippen molar-refractivity contribution >= 4 is 11.6 Å². The molecule has 1 saturated carbocycles. The number of benzene rings is 1. The van der Waals surface area contributed by atoms with E-state index in [1.54, 1.807) is 0 Å². The second-order valence-corrected chi connectivity index (χ2v) is 6.49. The van der Waals surface area contributed by atoms with Crippen molar-refractivity contribution in [2.45, 2.75) is 63.5 Å². The highest BCUT2D eigenvalue weighted by molar-refractivity contribution is 5.85. The summed E-state index contributed by atoms with van der Waals surface area (Å²) in [5, 5.41) is 3.44. The predicted molar refractivity (Wildman–Crippen MR) is 86.4 cm³/mol. The lowest BCUT2D eigenvalue weighted by Crippen LogP contribution is -2.47. The molecule has 1 unspecified atom stereocenters. The summed E-state index contributed by atoms with van der Waals surface area (Å²) in [4.78, 5) is 14.8. The van der Waals surface area contributed by atoms with Gasteiger partial charge in [-0.15, -0.1) is 0 Å². The molecule has 21 heavy (non-hydrogen) atoms. The first-order valence-corrected chi connectivity index (χ1v) is 8.37. The minimum Gasteiger partial charge on any atom is -0.373 e. The average molecular weight is 286 g/mol. The van der Waals surface area contributed by atoms with E-state index in [9.17, 15) is 4.79 Å². The van der Waals surface area contributed by atoms with Crippen LogP contribution in [0.15, 0.2) is 24.3 Å². The van der Waals surface area contributed by atoms with E-state index in [1.807, 2.05) is 18.0 Å². The van der Waals surface area contributed by atoms with Crippen LogP contribution in [0.5, 0.6) is 0 Å². The van der Waals surface area contributed by atoms with Crippen LogP contribution in [0.3, 0.4) is 0 Å². The Morgan fingerprint density at radius 3 is 2.57 bits per heavy atom. The van der Waals surface area contributed by atoms with Gasteiger partial charge in [-0.3, -0.25) is 4.79 Å². The molecule has 114 valence electrons. The van der Waals surface area contributed by atoms with E-state index in [0.29, 0.717) is 6.04 Å². The summed E-state index contributed by atoms with van der Waals surface area (Å²) in [5.41, 5.74) is 2.47. The molecule has 3 nitrogen and oxygen atoms in total. The third-order valence-corrected chi connectivity index (χ3v) is 5.07. The van der Waals surface area contributed by atoms with E-state index < -0.39 is 0 Å². The largest absolute Gasteiger partial charge is 0.373 e. The Morgan fingerprint density at radius 2 is 1.81 bits per heavy atom. The SMILES string of the molecule is CN(C(=O)C1CCc2ccccc2N1)C1CCCCCC1. The van der Waals surface area contributed by atoms with Gasteiger partial charge in [-0.05, 0) is 37.3 Å². The molecule has 0 aromatic heterocycles. The van der Waals surface area contributed by atoms with Crippen LogP contribution in [0.4, 0.5) is 5.69 Å². The van der Waals surface area contributed by atoms with Gasteiger partial charge in [-0.2, -0.15) is 0 Å². The number of carbonyl (C=O) groups excluding carboxylic acids is 1. The topological polar surface area (TPSA) is 32.3 Å². The molecule has 1 N–H and O–H groups in total. The van der Waals surface area contributed by atoms with Crippen molar-refractivity contribution in [3.63, 3.8) is 0 Å². The second-order valence-electron chi connectivity index (χ2n) is 6.49. The third-order valence-electron chi connectivity index (χ3n) is 5.07. The molecule has 1 atom stereocenters. The van der Waals surface area contributed by atoms with Crippen LogP contribution in [-0.2, 0) is 11.2 Å². The van der Waals surface area contributed by atoms with Gasteiger partial charge in [0.25, 0.3) is 0 Å². The molecular weight excluding hydrogens is 260 g/mol. The molecule has 0 spiro atoms. The Hall–Kier alpha value is -1.51. The molecule has 2 aliphatic rings. The van der Waals surface area contributed by atoms with Crippen LogP contribution in [0, 0.1) is 0 Å². The van der Waals surface area contributed by atoms with Gasteiger partial charge in [0.05, 0.1) is 0 Å². The number of rotatable bonds is 2. The van der Waals surface area contributed by atoms with Gasteiger partial charge < -0.3 is 10.2 Å². The van der Waals surface area contributed by atoms with E-state index in [-0.39, 0.29) is 11.9 Å². The zero-order valence-electron chi connectivity index (χ0n) is 13.0. The molecule has 1 amide bonds. The van der Waals surface area contributed by atoms with Crippen LogP contribution < -0.4 is 5.32 Å². The van der Waals surface area contributed by atoms with E-state index in [0.717, 1.165) is 18.5 Å². The number of nitrogens with zero attached hydrogens (tertiary/aromatic N) is 1. The zero-order chi connectivity index (χ0) is 14.7. The molecule has 3 rings (SSSR count). The number of aryl methyl sites for hydroxylation is 1. The fourth-order valence-electron chi connectivity index (χ4n) is 3.69. The molecule has 1 aromatic rings. The molecule has 1 aliphatic heterocycles. The monoisotopic (exact) mass is 286 g/mol. The van der Waals surface area contributed by atoms with Gasteiger partial charge in [0.15, 0.2) is 0 Å². The molecule has 0 bridgehead atoms. The van der Waals surface area contributed by atoms with Gasteiger partial charge in [-0.25, -0.2) is 0 Å². The third kappa shape index (κ3) is 3.22. The average Bonchev–Trinajstić information content (AvgIpc) is 2.82. The number of anilines is 1. The summed E-state index contributed by atoms with van der Waals surface area (Å²) in [6, 6.07) is 8.74. The number of para-hydroxylation sites is 1. The summed E-state index contributed by atoms with van der Waals surface area (Å²) < 4.78 is 0. The molecule has 1 aliphatic carbocycles. The Labute approximate surface area is 127 Å². The highest BCUT2D eigenvalue weighted by Gasteiger charge is 2.29. The normalized spacial score (nSPS) is 22.8. The summed E-state index contributed by atoms with van der Waals surface area (Å²) >= 11 is 0. The van der Waals surface area contributed by atoms with Gasteiger partial charge in [0.2, 0.25) is 5.91 Å². The molecule has 1 heterocycles. The van der Waals surface area contributed by atoms with Crippen LogP contribution in [0.25, 0.3) is 0 Å². The fraction of sp³-hybridized carbons (Fsp3) is 0.611. The zero-order valence-corrected chi connectivity index (χ0v) is 13.0. The number of carbonyl (C=O) groups is 1. The molecule has 1 fully saturated rings. The van der Waals surface area contributed by atoms with Gasteiger partial charge in [0.1, 0.15) is 6.04 Å². The minimum atomic E-state index is -0.0480. The van der Waals surface area contributed by atoms with Crippen molar-refractivity contribution in [1.29, 1.82) is 0 Å². The number of hydrogen-bond acceptors (Lipinski definition) is 2. The van der Waals surface area contributed by atoms with Crippen molar-refractivity contribution < 1.29 is 4.79 Å². The second kappa shape index (κ2) is 6.50. The molecule has 3 heteroatoms. The Morgan fingerprint density at radius 1 is 1.10 bits per heavy atom. The summed E-state index contributed by atoms with van der Waals surface area (Å²) in [5.74, 6) is 0.274. The van der Waals surface area contributed by atoms with E-state index in [4.69, 9.17) is 0 Å². The maximum atomic E-state index is 12.8. The van der Waals surface area contributed by atoms with Gasteiger partial charge >= 0.3 is 0 Å². The number of nitrogens with one attached hydrogen (secondary N) is 1. The lowest BCUT2D eigenvalue weighted by Gasteiger charge is -2.33. The fourth-order valence-corrected chi connectivity index (χ4v) is 3.69. The Balaban J connectivity index is 1.65. The van der Waals surface area contributed by atoms with Crippen molar-refractivity contribution in [1.82, 2.24) is 4.90 Å². The van der Waals surface area contributed by atoms with E-state index >= 15 is 0 Å². The number of amides is 1. The first-order chi connectivity index (χ1) is 10.3. The van der Waals surface area contributed by atoms with E-state index in [2.05, 4.69) is 23.5 Å². The van der Waals surface area contributed by atoms with Crippen molar-refractivity contribution in [3.8, 4) is 0 Å². The number of fused-ring (bicyclic) bond motifs is 1. The lowest BCUT2D eigenvalue weighted by atomic mass is 9.96. The minimum absolute atomic E-state index is 0.0480. The van der Waals surface area contributed by atoms with Crippen LogP contribution in [-0.4, -0.2) is 29.9 Å². The molecule has 0 saturated heterocycles. The van der Waals surface area contributed by atoms with Crippen molar-refractivity contribution in [2.24, 2.45) is 0 Å². The van der Waals surface area contributed by atoms with Crippen molar-refractivity contribution in [2.75, 3.05) is 12.4 Å². The highest BCUT2D eigenvalue weighted by Crippen LogP contribution is 2.27. The number of hydrogen-bond donors (Lipinski definition) is 1. The van der Waals surface area contributed by atoms with Crippen molar-refractivity contribution in [3.05, 3.63) is 29.8 Å². The smallest absolute Gasteiger partial charge is 0.245 e. The maximum absolute atomic E-state index is 12.8. The van der Waals surface area contributed by atoms with Crippen LogP contribution in [0.2, 0.25) is 0 Å². The Kier molecular flexibility index (Phi) is 4.47. The standard InChI is InChI=1S/C18H26N2O/c1-20(15-9-4-2-3-5-10-15)18(21)17-13-12-14-8-6-7-11-16(14)19-17/h6-8,11,15,17,19H,2-5,9-10,12-13H2,1H3. The molecular formula is C18H26N2O. The Bertz CT molecular complexity index is 492.